The van der Waals surface area contributed by atoms with Crippen LogP contribution in [0.3, 0.4) is 0 Å². The van der Waals surface area contributed by atoms with Gasteiger partial charge >= 0.3 is 0 Å². The van der Waals surface area contributed by atoms with E-state index in [2.05, 4.69) is 20.6 Å². The van der Waals surface area contributed by atoms with Gasteiger partial charge in [0.2, 0.25) is 5.91 Å². The number of rotatable bonds is 6. The van der Waals surface area contributed by atoms with Crippen LogP contribution in [0.15, 0.2) is 54.3 Å². The van der Waals surface area contributed by atoms with Crippen LogP contribution in [0.1, 0.15) is 26.5 Å². The Labute approximate surface area is 155 Å². The van der Waals surface area contributed by atoms with E-state index in [9.17, 15) is 9.59 Å². The first kappa shape index (κ1) is 17.8. The average molecular weight is 366 g/mol. The molecule has 26 heavy (non-hydrogen) atoms. The van der Waals surface area contributed by atoms with Crippen LogP contribution in [0.25, 0.3) is 0 Å². The molecule has 1 aromatic carbocycles. The van der Waals surface area contributed by atoms with Gasteiger partial charge in [-0.15, -0.1) is 11.3 Å². The quantitative estimate of drug-likeness (QED) is 0.702. The van der Waals surface area contributed by atoms with Crippen molar-refractivity contribution in [2.45, 2.75) is 19.9 Å². The summed E-state index contributed by atoms with van der Waals surface area (Å²) < 4.78 is 0. The van der Waals surface area contributed by atoms with Gasteiger partial charge in [0.25, 0.3) is 5.91 Å². The Morgan fingerprint density at radius 1 is 1.12 bits per heavy atom. The smallest absolute Gasteiger partial charge is 0.251 e. The standard InChI is InChI=1S/C19H18N4O2S/c1-13-2-3-15(19(25)22-12-18-21-8-9-26-18)11-16(13)23-17(24)10-14-4-6-20-7-5-14/h2-9,11H,10,12H2,1H3,(H,22,25)(H,23,24). The lowest BCUT2D eigenvalue weighted by Crippen LogP contribution is -2.23. The van der Waals surface area contributed by atoms with Gasteiger partial charge in [-0.25, -0.2) is 4.98 Å². The van der Waals surface area contributed by atoms with Gasteiger partial charge in [-0.2, -0.15) is 0 Å². The van der Waals surface area contributed by atoms with Crippen LogP contribution >= 0.6 is 11.3 Å². The lowest BCUT2D eigenvalue weighted by Gasteiger charge is -2.11. The van der Waals surface area contributed by atoms with E-state index in [4.69, 9.17) is 0 Å². The van der Waals surface area contributed by atoms with E-state index in [0.717, 1.165) is 16.1 Å². The molecule has 0 aliphatic carbocycles. The van der Waals surface area contributed by atoms with Gasteiger partial charge in [-0.1, -0.05) is 6.07 Å². The Bertz CT molecular complexity index is 895. The third kappa shape index (κ3) is 4.73. The number of carbonyl (C=O) groups is 2. The number of hydrogen-bond acceptors (Lipinski definition) is 5. The molecule has 0 aliphatic heterocycles. The highest BCUT2D eigenvalue weighted by Crippen LogP contribution is 2.18. The van der Waals surface area contributed by atoms with Crippen molar-refractivity contribution in [1.29, 1.82) is 0 Å². The maximum Gasteiger partial charge on any atom is 0.251 e. The van der Waals surface area contributed by atoms with Crippen molar-refractivity contribution in [2.75, 3.05) is 5.32 Å². The molecule has 3 rings (SSSR count). The van der Waals surface area contributed by atoms with E-state index >= 15 is 0 Å². The molecule has 0 aliphatic rings. The summed E-state index contributed by atoms with van der Waals surface area (Å²) in [4.78, 5) is 32.7. The van der Waals surface area contributed by atoms with E-state index in [1.807, 2.05) is 18.4 Å². The lowest BCUT2D eigenvalue weighted by atomic mass is 10.1. The zero-order valence-electron chi connectivity index (χ0n) is 14.2. The SMILES string of the molecule is Cc1ccc(C(=O)NCc2nccs2)cc1NC(=O)Cc1ccncc1. The first-order chi connectivity index (χ1) is 12.6. The molecule has 2 aromatic heterocycles. The number of hydrogen-bond donors (Lipinski definition) is 2. The zero-order chi connectivity index (χ0) is 18.4. The molecule has 0 fully saturated rings. The summed E-state index contributed by atoms with van der Waals surface area (Å²) in [5, 5.41) is 8.41. The average Bonchev–Trinajstić information content (AvgIpc) is 3.16. The van der Waals surface area contributed by atoms with E-state index in [0.29, 0.717) is 17.8 Å². The number of thiazole rings is 1. The second-order valence-electron chi connectivity index (χ2n) is 5.72. The van der Waals surface area contributed by atoms with Crippen molar-refractivity contribution in [3.63, 3.8) is 0 Å². The highest BCUT2D eigenvalue weighted by molar-refractivity contribution is 7.09. The minimum Gasteiger partial charge on any atom is -0.346 e. The molecule has 2 N–H and O–H groups in total. The molecule has 0 atom stereocenters. The third-order valence-electron chi connectivity index (χ3n) is 3.77. The van der Waals surface area contributed by atoms with Gasteiger partial charge < -0.3 is 10.6 Å². The lowest BCUT2D eigenvalue weighted by molar-refractivity contribution is -0.115. The van der Waals surface area contributed by atoms with Gasteiger partial charge in [0.05, 0.1) is 13.0 Å². The summed E-state index contributed by atoms with van der Waals surface area (Å²) in [5.74, 6) is -0.343. The number of aryl methyl sites for hydroxylation is 1. The van der Waals surface area contributed by atoms with Gasteiger partial charge in [-0.3, -0.25) is 14.6 Å². The molecule has 0 radical (unpaired) electrons. The Morgan fingerprint density at radius 3 is 2.65 bits per heavy atom. The number of amides is 2. The maximum atomic E-state index is 12.3. The predicted molar refractivity (Wildman–Crippen MR) is 101 cm³/mol. The number of nitrogens with one attached hydrogen (secondary N) is 2. The Balaban J connectivity index is 1.65. The molecule has 132 valence electrons. The van der Waals surface area contributed by atoms with Crippen LogP contribution in [0.2, 0.25) is 0 Å². The Hall–Kier alpha value is -3.06. The number of benzene rings is 1. The molecule has 7 heteroatoms. The van der Waals surface area contributed by atoms with Crippen LogP contribution in [0.4, 0.5) is 5.69 Å². The minimum atomic E-state index is -0.204. The zero-order valence-corrected chi connectivity index (χ0v) is 15.0. The minimum absolute atomic E-state index is 0.139. The second kappa shape index (κ2) is 8.35. The summed E-state index contributed by atoms with van der Waals surface area (Å²) in [5.41, 5.74) is 2.90. The summed E-state index contributed by atoms with van der Waals surface area (Å²) in [6, 6.07) is 8.85. The van der Waals surface area contributed by atoms with Crippen LogP contribution in [0.5, 0.6) is 0 Å². The molecule has 0 unspecified atom stereocenters. The number of nitrogens with zero attached hydrogens (tertiary/aromatic N) is 2. The van der Waals surface area contributed by atoms with Crippen molar-refractivity contribution in [2.24, 2.45) is 0 Å². The third-order valence-corrected chi connectivity index (χ3v) is 4.55. The molecule has 3 aromatic rings. The van der Waals surface area contributed by atoms with E-state index in [-0.39, 0.29) is 18.2 Å². The number of carbonyl (C=O) groups excluding carboxylic acids is 2. The number of pyridine rings is 1. The molecule has 0 bridgehead atoms. The molecular formula is C19H18N4O2S. The van der Waals surface area contributed by atoms with Crippen molar-refractivity contribution in [3.8, 4) is 0 Å². The summed E-state index contributed by atoms with van der Waals surface area (Å²) >= 11 is 1.49. The fourth-order valence-corrected chi connectivity index (χ4v) is 2.93. The second-order valence-corrected chi connectivity index (χ2v) is 6.70. The van der Waals surface area contributed by atoms with Crippen LogP contribution in [-0.4, -0.2) is 21.8 Å². The van der Waals surface area contributed by atoms with E-state index in [1.165, 1.54) is 11.3 Å². The summed E-state index contributed by atoms with van der Waals surface area (Å²) in [6.45, 7) is 2.27. The first-order valence-electron chi connectivity index (χ1n) is 8.08. The molecule has 2 amide bonds. The fourth-order valence-electron chi connectivity index (χ4n) is 2.38. The topological polar surface area (TPSA) is 84.0 Å². The van der Waals surface area contributed by atoms with Gasteiger partial charge in [0.15, 0.2) is 0 Å². The Morgan fingerprint density at radius 2 is 1.92 bits per heavy atom. The highest BCUT2D eigenvalue weighted by Gasteiger charge is 2.11. The normalized spacial score (nSPS) is 10.3. The molecule has 0 saturated heterocycles. The molecule has 0 saturated carbocycles. The van der Waals surface area contributed by atoms with Crippen LogP contribution in [-0.2, 0) is 17.8 Å². The molecule has 2 heterocycles. The fraction of sp³-hybridized carbons (Fsp3) is 0.158. The monoisotopic (exact) mass is 366 g/mol. The number of aromatic nitrogens is 2. The molecule has 0 spiro atoms. The highest BCUT2D eigenvalue weighted by atomic mass is 32.1. The van der Waals surface area contributed by atoms with Gasteiger partial charge in [0, 0.05) is 35.2 Å². The van der Waals surface area contributed by atoms with Crippen molar-refractivity contribution < 1.29 is 9.59 Å². The molecule has 6 nitrogen and oxygen atoms in total. The molecular weight excluding hydrogens is 348 g/mol. The maximum absolute atomic E-state index is 12.3. The van der Waals surface area contributed by atoms with Crippen LogP contribution < -0.4 is 10.6 Å². The number of anilines is 1. The summed E-state index contributed by atoms with van der Waals surface area (Å²) in [7, 11) is 0. The van der Waals surface area contributed by atoms with Crippen molar-refractivity contribution in [3.05, 3.63) is 76.0 Å². The van der Waals surface area contributed by atoms with Gasteiger partial charge in [-0.05, 0) is 42.3 Å². The van der Waals surface area contributed by atoms with Crippen molar-refractivity contribution in [1.82, 2.24) is 15.3 Å². The van der Waals surface area contributed by atoms with Crippen LogP contribution in [0, 0.1) is 6.92 Å². The Kier molecular flexibility index (Phi) is 5.70. The largest absolute Gasteiger partial charge is 0.346 e. The van der Waals surface area contributed by atoms with Gasteiger partial charge in [0.1, 0.15) is 5.01 Å². The van der Waals surface area contributed by atoms with E-state index in [1.54, 1.807) is 42.9 Å². The first-order valence-corrected chi connectivity index (χ1v) is 8.96. The van der Waals surface area contributed by atoms with E-state index < -0.39 is 0 Å². The predicted octanol–water partition coefficient (Wildman–Crippen LogP) is 2.96. The summed E-state index contributed by atoms with van der Waals surface area (Å²) in [6.07, 6.45) is 5.26. The van der Waals surface area contributed by atoms with Crippen molar-refractivity contribution >= 4 is 28.8 Å².